The molecule has 0 amide bonds. The van der Waals surface area contributed by atoms with Crippen LogP contribution in [0.5, 0.6) is 0 Å². The fraction of sp³-hybridized carbons (Fsp3) is 1.00. The molecule has 0 aliphatic heterocycles. The average molecular weight is 220 g/mol. The van der Waals surface area contributed by atoms with Gasteiger partial charge in [-0.15, -0.1) is 0 Å². The Labute approximate surface area is 85.0 Å². The summed E-state index contributed by atoms with van der Waals surface area (Å²) in [6.07, 6.45) is 1.22. The molecule has 0 N–H and O–H groups in total. The normalized spacial score (nSPS) is 13.4. The largest absolute Gasteiger partial charge is 0.436 e. The molecule has 0 unspecified atom stereocenters. The Morgan fingerprint density at radius 1 is 1.00 bits per heavy atom. The lowest BCUT2D eigenvalue weighted by Crippen LogP contribution is -2.46. The SMILES string of the molecule is CCC[Si](C)(C)O[Si](C)(C)OCC. The zero-order valence-corrected chi connectivity index (χ0v) is 11.9. The van der Waals surface area contributed by atoms with E-state index < -0.39 is 16.9 Å². The molecule has 0 saturated heterocycles. The fourth-order valence-corrected chi connectivity index (χ4v) is 9.56. The summed E-state index contributed by atoms with van der Waals surface area (Å²) < 4.78 is 11.8. The maximum absolute atomic E-state index is 6.16. The van der Waals surface area contributed by atoms with Gasteiger partial charge in [0.05, 0.1) is 0 Å². The fourth-order valence-electron chi connectivity index (χ4n) is 1.70. The van der Waals surface area contributed by atoms with Gasteiger partial charge in [-0.25, -0.2) is 0 Å². The quantitative estimate of drug-likeness (QED) is 0.639. The van der Waals surface area contributed by atoms with Gasteiger partial charge >= 0.3 is 8.56 Å². The van der Waals surface area contributed by atoms with Gasteiger partial charge in [-0.2, -0.15) is 0 Å². The predicted molar refractivity (Wildman–Crippen MR) is 62.8 cm³/mol. The molecular formula is C9H24O2Si2. The van der Waals surface area contributed by atoms with Crippen molar-refractivity contribution in [1.29, 1.82) is 0 Å². The summed E-state index contributed by atoms with van der Waals surface area (Å²) in [6, 6.07) is 1.23. The molecule has 0 aromatic rings. The molecule has 0 heterocycles. The van der Waals surface area contributed by atoms with Crippen molar-refractivity contribution in [3.8, 4) is 0 Å². The van der Waals surface area contributed by atoms with Crippen LogP contribution in [0.3, 0.4) is 0 Å². The van der Waals surface area contributed by atoms with Gasteiger partial charge in [0.1, 0.15) is 0 Å². The lowest BCUT2D eigenvalue weighted by atomic mass is 10.6. The Morgan fingerprint density at radius 3 is 1.92 bits per heavy atom. The number of hydrogen-bond acceptors (Lipinski definition) is 2. The summed E-state index contributed by atoms with van der Waals surface area (Å²) in [5, 5.41) is 0. The lowest BCUT2D eigenvalue weighted by molar-refractivity contribution is 0.261. The van der Waals surface area contributed by atoms with E-state index in [0.717, 1.165) is 6.61 Å². The Balaban J connectivity index is 4.07. The molecule has 0 fully saturated rings. The first-order valence-electron chi connectivity index (χ1n) is 5.17. The van der Waals surface area contributed by atoms with Crippen LogP contribution in [0.4, 0.5) is 0 Å². The first kappa shape index (κ1) is 13.4. The number of rotatable bonds is 6. The van der Waals surface area contributed by atoms with Gasteiger partial charge in [0.2, 0.25) is 0 Å². The van der Waals surface area contributed by atoms with Crippen LogP contribution in [0.1, 0.15) is 20.3 Å². The molecule has 0 aliphatic carbocycles. The summed E-state index contributed by atoms with van der Waals surface area (Å²) in [5.74, 6) is 0. The minimum Gasteiger partial charge on any atom is -0.436 e. The Hall–Kier alpha value is 0.354. The van der Waals surface area contributed by atoms with Gasteiger partial charge in [-0.05, 0) is 39.2 Å². The topological polar surface area (TPSA) is 18.5 Å². The summed E-state index contributed by atoms with van der Waals surface area (Å²) in [4.78, 5) is 0. The molecule has 0 aromatic heterocycles. The molecular weight excluding hydrogens is 196 g/mol. The van der Waals surface area contributed by atoms with Crippen LogP contribution in [0.25, 0.3) is 0 Å². The highest BCUT2D eigenvalue weighted by molar-refractivity contribution is 6.82. The van der Waals surface area contributed by atoms with Crippen molar-refractivity contribution < 1.29 is 8.54 Å². The predicted octanol–water partition coefficient (Wildman–Crippen LogP) is 3.36. The second kappa shape index (κ2) is 5.29. The second-order valence-electron chi connectivity index (χ2n) is 4.44. The maximum Gasteiger partial charge on any atom is 0.321 e. The van der Waals surface area contributed by atoms with Crippen molar-refractivity contribution in [3.63, 3.8) is 0 Å². The van der Waals surface area contributed by atoms with E-state index in [1.807, 2.05) is 6.92 Å². The van der Waals surface area contributed by atoms with E-state index in [9.17, 15) is 0 Å². The van der Waals surface area contributed by atoms with Crippen LogP contribution in [0.2, 0.25) is 32.2 Å². The van der Waals surface area contributed by atoms with Crippen LogP contribution >= 0.6 is 0 Å². The van der Waals surface area contributed by atoms with E-state index in [1.54, 1.807) is 0 Å². The lowest BCUT2D eigenvalue weighted by Gasteiger charge is -2.32. The van der Waals surface area contributed by atoms with E-state index in [2.05, 4.69) is 33.1 Å². The highest BCUT2D eigenvalue weighted by Gasteiger charge is 2.33. The molecule has 0 atom stereocenters. The van der Waals surface area contributed by atoms with Crippen molar-refractivity contribution in [2.45, 2.75) is 52.5 Å². The van der Waals surface area contributed by atoms with Gasteiger partial charge in [0, 0.05) is 6.61 Å². The van der Waals surface area contributed by atoms with Gasteiger partial charge in [-0.3, -0.25) is 0 Å². The number of hydrogen-bond donors (Lipinski definition) is 0. The zero-order valence-electron chi connectivity index (χ0n) is 9.94. The summed E-state index contributed by atoms with van der Waals surface area (Å²) in [7, 11) is -3.25. The zero-order chi connectivity index (χ0) is 10.5. The van der Waals surface area contributed by atoms with Gasteiger partial charge in [0.15, 0.2) is 8.32 Å². The average Bonchev–Trinajstić information content (AvgIpc) is 1.82. The van der Waals surface area contributed by atoms with E-state index in [0.29, 0.717) is 0 Å². The van der Waals surface area contributed by atoms with Crippen LogP contribution in [0, 0.1) is 0 Å². The highest BCUT2D eigenvalue weighted by atomic mass is 28.4. The molecule has 2 nitrogen and oxygen atoms in total. The summed E-state index contributed by atoms with van der Waals surface area (Å²) >= 11 is 0. The molecule has 0 spiro atoms. The first-order chi connectivity index (χ1) is 5.83. The van der Waals surface area contributed by atoms with E-state index in [-0.39, 0.29) is 0 Å². The summed E-state index contributed by atoms with van der Waals surface area (Å²) in [5.41, 5.74) is 0. The Morgan fingerprint density at radius 2 is 1.54 bits per heavy atom. The molecule has 0 rings (SSSR count). The minimum atomic E-state index is -1.81. The molecule has 0 saturated carbocycles. The van der Waals surface area contributed by atoms with Crippen LogP contribution < -0.4 is 0 Å². The Kier molecular flexibility index (Phi) is 5.43. The van der Waals surface area contributed by atoms with Crippen molar-refractivity contribution >= 4 is 16.9 Å². The van der Waals surface area contributed by atoms with E-state index >= 15 is 0 Å². The first-order valence-corrected chi connectivity index (χ1v) is 11.1. The minimum absolute atomic E-state index is 0.774. The van der Waals surface area contributed by atoms with Crippen LogP contribution in [0.15, 0.2) is 0 Å². The summed E-state index contributed by atoms with van der Waals surface area (Å²) in [6.45, 7) is 13.9. The smallest absolute Gasteiger partial charge is 0.321 e. The molecule has 0 aromatic carbocycles. The molecule has 0 aliphatic rings. The third kappa shape index (κ3) is 6.43. The standard InChI is InChI=1S/C9H24O2Si2/c1-7-9-12(3,4)11-13(5,6)10-8-2/h7-9H2,1-6H3. The molecule has 13 heavy (non-hydrogen) atoms. The third-order valence-corrected chi connectivity index (χ3v) is 8.73. The molecule has 80 valence electrons. The third-order valence-electron chi connectivity index (χ3n) is 1.87. The van der Waals surface area contributed by atoms with Crippen molar-refractivity contribution in [3.05, 3.63) is 0 Å². The van der Waals surface area contributed by atoms with Crippen molar-refractivity contribution in [2.24, 2.45) is 0 Å². The van der Waals surface area contributed by atoms with Crippen molar-refractivity contribution in [2.75, 3.05) is 6.61 Å². The van der Waals surface area contributed by atoms with Crippen LogP contribution in [-0.2, 0) is 8.54 Å². The molecule has 0 bridgehead atoms. The van der Waals surface area contributed by atoms with Crippen molar-refractivity contribution in [1.82, 2.24) is 0 Å². The molecule has 4 heteroatoms. The van der Waals surface area contributed by atoms with E-state index in [1.165, 1.54) is 12.5 Å². The van der Waals surface area contributed by atoms with Gasteiger partial charge in [0.25, 0.3) is 0 Å². The second-order valence-corrected chi connectivity index (χ2v) is 12.4. The van der Waals surface area contributed by atoms with Crippen LogP contribution in [-0.4, -0.2) is 23.5 Å². The maximum atomic E-state index is 6.16. The van der Waals surface area contributed by atoms with Gasteiger partial charge < -0.3 is 8.54 Å². The van der Waals surface area contributed by atoms with E-state index in [4.69, 9.17) is 8.54 Å². The Bertz CT molecular complexity index is 131. The monoisotopic (exact) mass is 220 g/mol. The van der Waals surface area contributed by atoms with Gasteiger partial charge in [-0.1, -0.05) is 13.3 Å². The molecule has 0 radical (unpaired) electrons. The highest BCUT2D eigenvalue weighted by Crippen LogP contribution is 2.20.